The molecule has 2 aliphatic heterocycles. The van der Waals surface area contributed by atoms with Crippen LogP contribution in [0.2, 0.25) is 0 Å². The number of nitrogens with two attached hydrogens (primary N) is 1. The van der Waals surface area contributed by atoms with E-state index in [-0.39, 0.29) is 42.3 Å². The minimum Gasteiger partial charge on any atom is -0.444 e. The molecule has 13 heteroatoms. The van der Waals surface area contributed by atoms with Crippen LogP contribution in [0.15, 0.2) is 17.0 Å². The van der Waals surface area contributed by atoms with Crippen LogP contribution >= 0.6 is 15.9 Å². The van der Waals surface area contributed by atoms with Crippen LogP contribution in [0.1, 0.15) is 80.7 Å². The first kappa shape index (κ1) is 32.7. The number of amides is 2. The number of carbonyl (C=O) groups excluding carboxylic acids is 2. The van der Waals surface area contributed by atoms with E-state index in [4.69, 9.17) is 24.7 Å². The largest absolute Gasteiger partial charge is 0.444 e. The zero-order chi connectivity index (χ0) is 32.2. The van der Waals surface area contributed by atoms with E-state index < -0.39 is 17.0 Å². The van der Waals surface area contributed by atoms with Crippen LogP contribution < -0.4 is 5.73 Å². The summed E-state index contributed by atoms with van der Waals surface area (Å²) in [5.74, 6) is -0.341. The summed E-state index contributed by atoms with van der Waals surface area (Å²) in [7, 11) is 0. The van der Waals surface area contributed by atoms with E-state index in [1.807, 2.05) is 61.6 Å². The Kier molecular flexibility index (Phi) is 8.89. The van der Waals surface area contributed by atoms with Crippen LogP contribution in [0, 0.1) is 11.8 Å². The lowest BCUT2D eigenvalue weighted by Crippen LogP contribution is -2.48. The number of piperidine rings is 1. The summed E-state index contributed by atoms with van der Waals surface area (Å²) in [6.45, 7) is 17.1. The van der Waals surface area contributed by atoms with Crippen LogP contribution in [-0.2, 0) is 18.9 Å². The molecule has 0 unspecified atom stereocenters. The lowest BCUT2D eigenvalue weighted by Gasteiger charge is -2.37. The Morgan fingerprint density at radius 3 is 2.45 bits per heavy atom. The highest BCUT2D eigenvalue weighted by molar-refractivity contribution is 9.10. The molecule has 2 saturated heterocycles. The highest BCUT2D eigenvalue weighted by atomic mass is 79.9. The zero-order valence-electron chi connectivity index (χ0n) is 27.1. The molecule has 0 radical (unpaired) electrons. The van der Waals surface area contributed by atoms with Crippen molar-refractivity contribution < 1.29 is 28.5 Å². The topological polar surface area (TPSA) is 134 Å². The fourth-order valence-electron chi connectivity index (χ4n) is 6.67. The Labute approximate surface area is 268 Å². The van der Waals surface area contributed by atoms with Crippen LogP contribution in [-0.4, -0.2) is 91.9 Å². The molecule has 5 rings (SSSR count). The minimum absolute atomic E-state index is 0.0414. The van der Waals surface area contributed by atoms with Gasteiger partial charge in [0.2, 0.25) is 0 Å². The predicted molar refractivity (Wildman–Crippen MR) is 169 cm³/mol. The second kappa shape index (κ2) is 11.9. The lowest BCUT2D eigenvalue weighted by atomic mass is 9.96. The van der Waals surface area contributed by atoms with Crippen molar-refractivity contribution in [1.29, 1.82) is 0 Å². The van der Waals surface area contributed by atoms with Crippen molar-refractivity contribution in [2.45, 2.75) is 110 Å². The molecule has 1 aliphatic carbocycles. The summed E-state index contributed by atoms with van der Waals surface area (Å²) in [5.41, 5.74) is 5.69. The first-order valence-electron chi connectivity index (χ1n) is 15.5. The van der Waals surface area contributed by atoms with E-state index in [1.54, 1.807) is 9.80 Å². The molecule has 5 atom stereocenters. The smallest absolute Gasteiger partial charge is 0.410 e. The van der Waals surface area contributed by atoms with Gasteiger partial charge in [0.25, 0.3) is 0 Å². The van der Waals surface area contributed by atoms with E-state index in [0.717, 1.165) is 28.3 Å². The van der Waals surface area contributed by atoms with Crippen molar-refractivity contribution in [3.63, 3.8) is 0 Å². The van der Waals surface area contributed by atoms with Gasteiger partial charge in [0, 0.05) is 42.8 Å². The Bertz CT molecular complexity index is 1380. The highest BCUT2D eigenvalue weighted by Gasteiger charge is 2.55. The van der Waals surface area contributed by atoms with Gasteiger partial charge in [-0.3, -0.25) is 0 Å². The number of anilines is 1. The predicted octanol–water partition coefficient (Wildman–Crippen LogP) is 5.74. The molecule has 12 nitrogen and oxygen atoms in total. The molecule has 44 heavy (non-hydrogen) atoms. The van der Waals surface area contributed by atoms with Gasteiger partial charge in [-0.05, 0) is 96.5 Å². The number of nitrogens with zero attached hydrogens (tertiary/aromatic N) is 5. The normalized spacial score (nSPS) is 26.9. The van der Waals surface area contributed by atoms with Gasteiger partial charge in [-0.25, -0.2) is 19.6 Å². The van der Waals surface area contributed by atoms with Crippen molar-refractivity contribution in [3.8, 4) is 0 Å². The molecule has 0 bridgehead atoms. The number of halogens is 1. The minimum atomic E-state index is -0.783. The van der Waals surface area contributed by atoms with Crippen molar-refractivity contribution >= 4 is 45.0 Å². The number of rotatable bonds is 5. The van der Waals surface area contributed by atoms with Crippen LogP contribution in [0.4, 0.5) is 15.4 Å². The number of likely N-dealkylation sites (tertiary alicyclic amines) is 1. The number of fused-ring (bicyclic) bond motifs is 2. The highest BCUT2D eigenvalue weighted by Crippen LogP contribution is 2.49. The summed E-state index contributed by atoms with van der Waals surface area (Å²) >= 11 is 3.64. The molecule has 2 aromatic heterocycles. The maximum absolute atomic E-state index is 13.7. The van der Waals surface area contributed by atoms with Crippen LogP contribution in [0.3, 0.4) is 0 Å². The first-order chi connectivity index (χ1) is 20.4. The van der Waals surface area contributed by atoms with E-state index in [0.29, 0.717) is 38.4 Å². The molecule has 3 fully saturated rings. The molecule has 3 aliphatic rings. The number of carbonyl (C=O) groups is 2. The van der Waals surface area contributed by atoms with Gasteiger partial charge >= 0.3 is 12.2 Å². The summed E-state index contributed by atoms with van der Waals surface area (Å²) in [5, 5.41) is 0.757. The van der Waals surface area contributed by atoms with Gasteiger partial charge in [-0.1, -0.05) is 0 Å². The molecular formula is C31H47BrN6O6. The number of nitrogen functional groups attached to an aromatic ring is 1. The average Bonchev–Trinajstić information content (AvgIpc) is 3.50. The fraction of sp³-hybridized carbons (Fsp3) is 0.742. The standard InChI is InChI=1S/C31H47BrN6O6/c1-29(2,3)43-27(39)36-11-9-10-18(13-36)14-37(28(40)44-30(4,5)6)15-19-12-21(24-23(19)41-31(7,8)42-24)38-16-20(32)22-25(33)34-17-35-26(22)38/h16-19,21,23-24H,9-15H2,1-8H3,(H2,33,34,35)/t18-,19-,21-,23-,24+/m1/s1. The Morgan fingerprint density at radius 2 is 1.77 bits per heavy atom. The quantitative estimate of drug-likeness (QED) is 0.420. The SMILES string of the molecule is CC(C)(C)OC(=O)N1CCC[C@@H](CN(C[C@H]2C[C@@H](n3cc(Br)c4c(N)ncnc43)[C@@H]3OC(C)(C)O[C@H]23)C(=O)OC(C)(C)C)C1. The molecule has 2 amide bonds. The van der Waals surface area contributed by atoms with Crippen molar-refractivity contribution in [1.82, 2.24) is 24.3 Å². The van der Waals surface area contributed by atoms with Crippen molar-refractivity contribution in [2.24, 2.45) is 11.8 Å². The molecule has 2 N–H and O–H groups in total. The van der Waals surface area contributed by atoms with E-state index in [1.165, 1.54) is 6.33 Å². The Morgan fingerprint density at radius 1 is 1.09 bits per heavy atom. The Balaban J connectivity index is 1.39. The van der Waals surface area contributed by atoms with Crippen LogP contribution in [0.25, 0.3) is 11.0 Å². The number of hydrogen-bond donors (Lipinski definition) is 1. The number of ether oxygens (including phenoxy) is 4. The fourth-order valence-corrected chi connectivity index (χ4v) is 7.28. The van der Waals surface area contributed by atoms with E-state index >= 15 is 0 Å². The van der Waals surface area contributed by atoms with Gasteiger partial charge in [0.15, 0.2) is 5.79 Å². The molecule has 244 valence electrons. The molecule has 4 heterocycles. The summed E-state index contributed by atoms with van der Waals surface area (Å²) < 4.78 is 27.4. The van der Waals surface area contributed by atoms with Crippen LogP contribution in [0.5, 0.6) is 0 Å². The Hall–Kier alpha value is -2.64. The summed E-state index contributed by atoms with van der Waals surface area (Å²) in [6, 6.07) is -0.104. The molecule has 1 saturated carbocycles. The third-order valence-corrected chi connectivity index (χ3v) is 8.86. The third kappa shape index (κ3) is 7.25. The van der Waals surface area contributed by atoms with Gasteiger partial charge in [0.05, 0.1) is 17.5 Å². The van der Waals surface area contributed by atoms with Gasteiger partial charge in [-0.2, -0.15) is 0 Å². The number of hydrogen-bond acceptors (Lipinski definition) is 9. The van der Waals surface area contributed by atoms with Gasteiger partial charge < -0.3 is 39.0 Å². The summed E-state index contributed by atoms with van der Waals surface area (Å²) in [6.07, 6.45) is 4.68. The third-order valence-electron chi connectivity index (χ3n) is 8.26. The van der Waals surface area contributed by atoms with Crippen molar-refractivity contribution in [3.05, 3.63) is 17.0 Å². The van der Waals surface area contributed by atoms with Crippen molar-refractivity contribution in [2.75, 3.05) is 31.9 Å². The molecular weight excluding hydrogens is 632 g/mol. The van der Waals surface area contributed by atoms with E-state index in [9.17, 15) is 9.59 Å². The first-order valence-corrected chi connectivity index (χ1v) is 16.3. The monoisotopic (exact) mass is 678 g/mol. The summed E-state index contributed by atoms with van der Waals surface area (Å²) in [4.78, 5) is 38.8. The number of aromatic nitrogens is 3. The van der Waals surface area contributed by atoms with Gasteiger partial charge in [-0.15, -0.1) is 0 Å². The average molecular weight is 680 g/mol. The second-order valence-corrected chi connectivity index (χ2v) is 15.6. The zero-order valence-corrected chi connectivity index (χ0v) is 28.7. The van der Waals surface area contributed by atoms with Gasteiger partial charge in [0.1, 0.15) is 35.1 Å². The maximum atomic E-state index is 13.7. The molecule has 2 aromatic rings. The second-order valence-electron chi connectivity index (χ2n) is 14.8. The maximum Gasteiger partial charge on any atom is 0.410 e. The lowest BCUT2D eigenvalue weighted by molar-refractivity contribution is -0.160. The van der Waals surface area contributed by atoms with E-state index in [2.05, 4.69) is 30.5 Å². The molecule has 0 spiro atoms. The molecule has 0 aromatic carbocycles.